The molecule has 200 valence electrons. The summed E-state index contributed by atoms with van der Waals surface area (Å²) >= 11 is 6.06. The molecule has 0 saturated carbocycles. The molecule has 2 atom stereocenters. The second kappa shape index (κ2) is 11.6. The highest BCUT2D eigenvalue weighted by Crippen LogP contribution is 2.36. The van der Waals surface area contributed by atoms with Crippen molar-refractivity contribution in [2.75, 3.05) is 39.2 Å². The van der Waals surface area contributed by atoms with E-state index in [0.29, 0.717) is 61.1 Å². The molecule has 2 aliphatic rings. The first kappa shape index (κ1) is 27.1. The number of methoxy groups -OCH3 is 2. The van der Waals surface area contributed by atoms with Crippen molar-refractivity contribution in [1.82, 2.24) is 15.1 Å². The molecule has 37 heavy (non-hydrogen) atoms. The summed E-state index contributed by atoms with van der Waals surface area (Å²) in [6, 6.07) is 12.6. The van der Waals surface area contributed by atoms with Crippen molar-refractivity contribution < 1.29 is 19.1 Å². The van der Waals surface area contributed by atoms with Crippen molar-refractivity contribution in [1.29, 1.82) is 0 Å². The highest BCUT2D eigenvalue weighted by atomic mass is 35.5. The molecule has 0 bridgehead atoms. The summed E-state index contributed by atoms with van der Waals surface area (Å²) in [7, 11) is 3.24. The number of rotatable bonds is 8. The maximum Gasteiger partial charge on any atom is 0.321 e. The van der Waals surface area contributed by atoms with Gasteiger partial charge >= 0.3 is 6.03 Å². The lowest BCUT2D eigenvalue weighted by Crippen LogP contribution is -2.60. The molecular formula is C28H37ClN4O4. The third-order valence-corrected chi connectivity index (χ3v) is 7.95. The number of amides is 3. The number of ether oxygens (including phenoxy) is 2. The lowest BCUT2D eigenvalue weighted by atomic mass is 9.95. The molecule has 0 aliphatic carbocycles. The van der Waals surface area contributed by atoms with Crippen LogP contribution in [0.1, 0.15) is 38.7 Å². The Bertz CT molecular complexity index is 1120. The van der Waals surface area contributed by atoms with Crippen LogP contribution in [-0.2, 0) is 11.2 Å². The Kier molecular flexibility index (Phi) is 8.49. The Hall–Kier alpha value is -2.97. The molecule has 9 heteroatoms. The number of hydrogen-bond donors (Lipinski definition) is 2. The summed E-state index contributed by atoms with van der Waals surface area (Å²) in [5.41, 5.74) is 1.28. The maximum absolute atomic E-state index is 13.6. The summed E-state index contributed by atoms with van der Waals surface area (Å²) < 4.78 is 10.8. The molecule has 4 rings (SSSR count). The van der Waals surface area contributed by atoms with E-state index in [0.717, 1.165) is 12.0 Å². The van der Waals surface area contributed by atoms with Crippen molar-refractivity contribution in [2.45, 2.75) is 51.2 Å². The normalized spacial score (nSPS) is 19.7. The summed E-state index contributed by atoms with van der Waals surface area (Å²) in [6.45, 7) is 5.92. The quantitative estimate of drug-likeness (QED) is 0.515. The van der Waals surface area contributed by atoms with Crippen LogP contribution in [0.5, 0.6) is 11.5 Å². The molecule has 2 aliphatic heterocycles. The van der Waals surface area contributed by atoms with Gasteiger partial charge in [0.15, 0.2) is 11.5 Å². The molecule has 8 nitrogen and oxygen atoms in total. The molecule has 2 aromatic carbocycles. The predicted molar refractivity (Wildman–Crippen MR) is 145 cm³/mol. The van der Waals surface area contributed by atoms with Crippen LogP contribution in [0.15, 0.2) is 42.5 Å². The second-order valence-electron chi connectivity index (χ2n) is 9.90. The summed E-state index contributed by atoms with van der Waals surface area (Å²) in [5, 5.41) is 7.21. The van der Waals surface area contributed by atoms with Crippen LogP contribution < -0.4 is 20.1 Å². The van der Waals surface area contributed by atoms with Gasteiger partial charge in [0.05, 0.1) is 25.9 Å². The first-order chi connectivity index (χ1) is 17.8. The number of hydrogen-bond acceptors (Lipinski definition) is 5. The fourth-order valence-corrected chi connectivity index (χ4v) is 5.48. The SMILES string of the molecule is CC[C@H](C)[C@@H]1NC2(CCN(C(=O)Nc3cccc(Cl)c3)CC2)N(CCc2ccc(OC)c(OC)c2)C1=O. The Morgan fingerprint density at radius 3 is 2.54 bits per heavy atom. The number of urea groups is 1. The first-order valence-corrected chi connectivity index (χ1v) is 13.3. The average Bonchev–Trinajstić information content (AvgIpc) is 3.17. The van der Waals surface area contributed by atoms with E-state index in [1.54, 1.807) is 31.3 Å². The van der Waals surface area contributed by atoms with Crippen LogP contribution in [0, 0.1) is 5.92 Å². The molecule has 2 N–H and O–H groups in total. The fraction of sp³-hybridized carbons (Fsp3) is 0.500. The molecule has 2 saturated heterocycles. The number of carbonyl (C=O) groups excluding carboxylic acids is 2. The van der Waals surface area contributed by atoms with Gasteiger partial charge in [-0.05, 0) is 48.2 Å². The lowest BCUT2D eigenvalue weighted by molar-refractivity contribution is -0.133. The van der Waals surface area contributed by atoms with Gasteiger partial charge in [0.25, 0.3) is 0 Å². The van der Waals surface area contributed by atoms with Gasteiger partial charge in [0.2, 0.25) is 5.91 Å². The van der Waals surface area contributed by atoms with Crippen molar-refractivity contribution >= 4 is 29.2 Å². The van der Waals surface area contributed by atoms with Crippen LogP contribution in [0.25, 0.3) is 0 Å². The monoisotopic (exact) mass is 528 g/mol. The zero-order valence-corrected chi connectivity index (χ0v) is 22.8. The summed E-state index contributed by atoms with van der Waals surface area (Å²) in [5.74, 6) is 1.73. The Balaban J connectivity index is 1.47. The smallest absolute Gasteiger partial charge is 0.321 e. The van der Waals surface area contributed by atoms with E-state index < -0.39 is 5.66 Å². The highest BCUT2D eigenvalue weighted by molar-refractivity contribution is 6.30. The van der Waals surface area contributed by atoms with Gasteiger partial charge in [-0.15, -0.1) is 0 Å². The van der Waals surface area contributed by atoms with E-state index in [4.69, 9.17) is 21.1 Å². The number of anilines is 1. The van der Waals surface area contributed by atoms with Crippen LogP contribution in [-0.4, -0.2) is 67.3 Å². The maximum atomic E-state index is 13.6. The van der Waals surface area contributed by atoms with Crippen LogP contribution in [0.4, 0.5) is 10.5 Å². The third-order valence-electron chi connectivity index (χ3n) is 7.71. The molecule has 0 unspecified atom stereocenters. The molecule has 3 amide bonds. The van der Waals surface area contributed by atoms with Gasteiger partial charge in [0.1, 0.15) is 0 Å². The Morgan fingerprint density at radius 2 is 1.89 bits per heavy atom. The molecule has 2 aromatic rings. The van der Waals surface area contributed by atoms with Gasteiger partial charge in [-0.2, -0.15) is 0 Å². The predicted octanol–water partition coefficient (Wildman–Crippen LogP) is 4.77. The standard InChI is InChI=1S/C28H37ClN4O4/c1-5-19(2)25-26(34)33(14-11-20-9-10-23(36-3)24(17-20)37-4)28(31-25)12-15-32(16-13-28)27(35)30-22-8-6-7-21(29)18-22/h6-10,17-19,25,31H,5,11-16H2,1-4H3,(H,30,35)/t19-,25-/m0/s1. The van der Waals surface area contributed by atoms with E-state index in [-0.39, 0.29) is 23.9 Å². The number of nitrogens with one attached hydrogen (secondary N) is 2. The molecule has 0 radical (unpaired) electrons. The molecule has 2 heterocycles. The largest absolute Gasteiger partial charge is 0.493 e. The molecule has 1 spiro atoms. The minimum atomic E-state index is -0.464. The van der Waals surface area contributed by atoms with Gasteiger partial charge in [-0.25, -0.2) is 4.79 Å². The van der Waals surface area contributed by atoms with Crippen molar-refractivity contribution in [3.8, 4) is 11.5 Å². The lowest BCUT2D eigenvalue weighted by Gasteiger charge is -2.44. The van der Waals surface area contributed by atoms with Crippen LogP contribution in [0.3, 0.4) is 0 Å². The van der Waals surface area contributed by atoms with E-state index in [2.05, 4.69) is 24.5 Å². The highest BCUT2D eigenvalue weighted by Gasteiger charge is 2.52. The number of benzene rings is 2. The van der Waals surface area contributed by atoms with Crippen LogP contribution >= 0.6 is 11.6 Å². The van der Waals surface area contributed by atoms with E-state index in [9.17, 15) is 9.59 Å². The summed E-state index contributed by atoms with van der Waals surface area (Å²) in [4.78, 5) is 30.4. The van der Waals surface area contributed by atoms with E-state index in [1.165, 1.54) is 0 Å². The van der Waals surface area contributed by atoms with Gasteiger partial charge in [-0.3, -0.25) is 10.1 Å². The second-order valence-corrected chi connectivity index (χ2v) is 10.3. The van der Waals surface area contributed by atoms with E-state index in [1.807, 2.05) is 35.2 Å². The average molecular weight is 529 g/mol. The zero-order chi connectivity index (χ0) is 26.6. The minimum absolute atomic E-state index is 0.145. The minimum Gasteiger partial charge on any atom is -0.493 e. The van der Waals surface area contributed by atoms with Gasteiger partial charge in [-0.1, -0.05) is 44.0 Å². The van der Waals surface area contributed by atoms with Gasteiger partial charge in [0, 0.05) is 43.2 Å². The Morgan fingerprint density at radius 1 is 1.16 bits per heavy atom. The van der Waals surface area contributed by atoms with Crippen molar-refractivity contribution in [3.05, 3.63) is 53.1 Å². The number of carbonyl (C=O) groups is 2. The van der Waals surface area contributed by atoms with E-state index >= 15 is 0 Å². The first-order valence-electron chi connectivity index (χ1n) is 12.9. The number of nitrogens with zero attached hydrogens (tertiary/aromatic N) is 2. The van der Waals surface area contributed by atoms with Gasteiger partial charge < -0.3 is 24.6 Å². The molecular weight excluding hydrogens is 492 g/mol. The number of piperidine rings is 1. The molecule has 0 aromatic heterocycles. The third kappa shape index (κ3) is 5.80. The van der Waals surface area contributed by atoms with Crippen molar-refractivity contribution in [3.63, 3.8) is 0 Å². The zero-order valence-electron chi connectivity index (χ0n) is 22.1. The Labute approximate surface area is 224 Å². The molecule has 2 fully saturated rings. The fourth-order valence-electron chi connectivity index (χ4n) is 5.29. The van der Waals surface area contributed by atoms with Crippen LogP contribution in [0.2, 0.25) is 5.02 Å². The topological polar surface area (TPSA) is 83.1 Å². The number of halogens is 1. The van der Waals surface area contributed by atoms with Crippen molar-refractivity contribution in [2.24, 2.45) is 5.92 Å². The number of likely N-dealkylation sites (tertiary alicyclic amines) is 1. The summed E-state index contributed by atoms with van der Waals surface area (Å²) in [6.07, 6.45) is 2.94.